The van der Waals surface area contributed by atoms with Crippen LogP contribution in [0.5, 0.6) is 0 Å². The maximum Gasteiger partial charge on any atom is 0.253 e. The van der Waals surface area contributed by atoms with E-state index in [1.807, 2.05) is 23.2 Å². The fourth-order valence-corrected chi connectivity index (χ4v) is 4.60. The number of rotatable bonds is 2. The Bertz CT molecular complexity index is 870. The summed E-state index contributed by atoms with van der Waals surface area (Å²) < 4.78 is 13.4. The molecular weight excluding hydrogens is 333 g/mol. The molecule has 0 aromatic heterocycles. The average molecular weight is 351 g/mol. The number of hydrogen-bond donors (Lipinski definition) is 0. The Morgan fingerprint density at radius 1 is 0.808 bits per heavy atom. The first-order valence-corrected chi connectivity index (χ1v) is 8.88. The first-order chi connectivity index (χ1) is 12.7. The van der Waals surface area contributed by atoms with Crippen molar-refractivity contribution >= 4 is 17.5 Å². The fourth-order valence-electron chi connectivity index (χ4n) is 4.60. The van der Waals surface area contributed by atoms with Crippen LogP contribution in [0.1, 0.15) is 18.0 Å². The van der Waals surface area contributed by atoms with Gasteiger partial charge in [-0.1, -0.05) is 30.3 Å². The van der Waals surface area contributed by atoms with E-state index in [9.17, 15) is 14.0 Å². The average Bonchev–Trinajstić information content (AvgIpc) is 3.29. The highest BCUT2D eigenvalue weighted by molar-refractivity contribution is 6.24. The lowest BCUT2D eigenvalue weighted by atomic mass is 9.90. The maximum atomic E-state index is 13.4. The van der Waals surface area contributed by atoms with Crippen LogP contribution in [0.25, 0.3) is 0 Å². The number of para-hydroxylation sites is 1. The molecule has 0 aliphatic carbocycles. The van der Waals surface area contributed by atoms with Gasteiger partial charge in [-0.2, -0.15) is 0 Å². The number of hydrogen-bond acceptors (Lipinski definition) is 4. The Morgan fingerprint density at radius 3 is 2.15 bits per heavy atom. The minimum atomic E-state index is -0.472. The van der Waals surface area contributed by atoms with Crippen molar-refractivity contribution in [2.45, 2.75) is 18.5 Å². The summed E-state index contributed by atoms with van der Waals surface area (Å²) in [6.45, 7) is 1.57. The van der Waals surface area contributed by atoms with Crippen molar-refractivity contribution < 1.29 is 14.0 Å². The summed E-state index contributed by atoms with van der Waals surface area (Å²) in [7, 11) is 0. The van der Waals surface area contributed by atoms with Crippen molar-refractivity contribution in [3.63, 3.8) is 0 Å². The maximum absolute atomic E-state index is 13.4. The Balaban J connectivity index is 1.59. The van der Waals surface area contributed by atoms with Gasteiger partial charge in [-0.25, -0.2) is 19.3 Å². The molecule has 5 nitrogen and oxygen atoms in total. The Kier molecular flexibility index (Phi) is 3.45. The molecule has 0 unspecified atom stereocenters. The van der Waals surface area contributed by atoms with Crippen LogP contribution < -0.4 is 4.90 Å². The summed E-state index contributed by atoms with van der Waals surface area (Å²) in [5, 5.41) is 4.17. The molecule has 3 saturated heterocycles. The van der Waals surface area contributed by atoms with Crippen LogP contribution in [0.2, 0.25) is 0 Å². The highest BCUT2D eigenvalue weighted by Gasteiger charge is 2.62. The number of anilines is 1. The number of imide groups is 1. The van der Waals surface area contributed by atoms with Gasteiger partial charge in [0.1, 0.15) is 11.9 Å². The lowest BCUT2D eigenvalue weighted by Gasteiger charge is -2.29. The van der Waals surface area contributed by atoms with Crippen molar-refractivity contribution in [2.24, 2.45) is 5.92 Å². The zero-order chi connectivity index (χ0) is 17.8. The zero-order valence-electron chi connectivity index (χ0n) is 14.1. The van der Waals surface area contributed by atoms with Crippen molar-refractivity contribution in [1.82, 2.24) is 10.0 Å². The normalized spacial score (nSPS) is 28.7. The van der Waals surface area contributed by atoms with Gasteiger partial charge < -0.3 is 0 Å². The SMILES string of the molecule is O=C1[C@H]2[C@@H](C(=O)N1c1ccccc1)N1CCCN1[C@@H]2c1ccc(F)cc1. The number of benzene rings is 2. The number of nitrogens with zero attached hydrogens (tertiary/aromatic N) is 3. The van der Waals surface area contributed by atoms with E-state index in [0.29, 0.717) is 5.69 Å². The number of amides is 2. The van der Waals surface area contributed by atoms with Crippen LogP contribution in [0.15, 0.2) is 54.6 Å². The van der Waals surface area contributed by atoms with E-state index in [0.717, 1.165) is 25.1 Å². The van der Waals surface area contributed by atoms with Crippen molar-refractivity contribution in [3.8, 4) is 0 Å². The van der Waals surface area contributed by atoms with Gasteiger partial charge in [0.25, 0.3) is 5.91 Å². The predicted molar refractivity (Wildman–Crippen MR) is 93.4 cm³/mol. The third-order valence-corrected chi connectivity index (χ3v) is 5.63. The number of carbonyl (C=O) groups is 2. The standard InChI is InChI=1S/C20H18FN3O2/c21-14-9-7-13(8-10-14)17-16-18(23-12-4-11-22(17)23)20(26)24(19(16)25)15-5-2-1-3-6-15/h1-3,5-10,16-18H,4,11-12H2/t16-,17-,18+/m1/s1. The van der Waals surface area contributed by atoms with Crippen molar-refractivity contribution in [3.05, 3.63) is 66.0 Å². The topological polar surface area (TPSA) is 43.9 Å². The van der Waals surface area contributed by atoms with E-state index in [-0.39, 0.29) is 23.7 Å². The molecular formula is C20H18FN3O2. The van der Waals surface area contributed by atoms with Gasteiger partial charge in [0, 0.05) is 13.1 Å². The number of halogens is 1. The third-order valence-electron chi connectivity index (χ3n) is 5.63. The molecule has 3 heterocycles. The Hall–Kier alpha value is -2.57. The molecule has 0 N–H and O–H groups in total. The van der Waals surface area contributed by atoms with Crippen LogP contribution in [0.4, 0.5) is 10.1 Å². The van der Waals surface area contributed by atoms with E-state index in [1.54, 1.807) is 24.3 Å². The number of carbonyl (C=O) groups excluding carboxylic acids is 2. The van der Waals surface area contributed by atoms with Gasteiger partial charge in [-0.15, -0.1) is 0 Å². The van der Waals surface area contributed by atoms with Gasteiger partial charge in [0.05, 0.1) is 17.6 Å². The van der Waals surface area contributed by atoms with E-state index < -0.39 is 12.0 Å². The summed E-state index contributed by atoms with van der Waals surface area (Å²) in [6, 6.07) is 14.7. The molecule has 6 heteroatoms. The monoisotopic (exact) mass is 351 g/mol. The second kappa shape index (κ2) is 5.72. The molecule has 2 aromatic rings. The van der Waals surface area contributed by atoms with E-state index >= 15 is 0 Å². The molecule has 0 spiro atoms. The molecule has 0 saturated carbocycles. The van der Waals surface area contributed by atoms with Crippen LogP contribution in [-0.4, -0.2) is 41.0 Å². The predicted octanol–water partition coefficient (Wildman–Crippen LogP) is 2.36. The molecule has 26 heavy (non-hydrogen) atoms. The molecule has 2 amide bonds. The summed E-state index contributed by atoms with van der Waals surface area (Å²) in [6.07, 6.45) is 0.952. The van der Waals surface area contributed by atoms with Crippen LogP contribution in [0.3, 0.4) is 0 Å². The quantitative estimate of drug-likeness (QED) is 0.779. The molecule has 132 valence electrons. The molecule has 3 aliphatic heterocycles. The number of fused-ring (bicyclic) bond motifs is 3. The largest absolute Gasteiger partial charge is 0.274 e. The minimum Gasteiger partial charge on any atom is -0.274 e. The molecule has 3 aliphatic rings. The first kappa shape index (κ1) is 15.7. The summed E-state index contributed by atoms with van der Waals surface area (Å²) in [4.78, 5) is 27.7. The Labute approximate surface area is 150 Å². The van der Waals surface area contributed by atoms with Crippen LogP contribution in [-0.2, 0) is 9.59 Å². The molecule has 5 rings (SSSR count). The highest BCUT2D eigenvalue weighted by Crippen LogP contribution is 2.48. The molecule has 3 fully saturated rings. The van der Waals surface area contributed by atoms with Gasteiger partial charge >= 0.3 is 0 Å². The van der Waals surface area contributed by atoms with Crippen LogP contribution >= 0.6 is 0 Å². The number of hydrazine groups is 1. The summed E-state index contributed by atoms with van der Waals surface area (Å²) in [5.74, 6) is -1.10. The van der Waals surface area contributed by atoms with Crippen LogP contribution in [0, 0.1) is 11.7 Å². The second-order valence-corrected chi connectivity index (χ2v) is 6.99. The Morgan fingerprint density at radius 2 is 1.46 bits per heavy atom. The van der Waals surface area contributed by atoms with E-state index in [1.165, 1.54) is 17.0 Å². The fraction of sp³-hybridized carbons (Fsp3) is 0.300. The van der Waals surface area contributed by atoms with E-state index in [4.69, 9.17) is 0 Å². The second-order valence-electron chi connectivity index (χ2n) is 6.99. The minimum absolute atomic E-state index is 0.164. The third kappa shape index (κ3) is 2.09. The van der Waals surface area contributed by atoms with Gasteiger partial charge in [0.2, 0.25) is 5.91 Å². The van der Waals surface area contributed by atoms with Gasteiger partial charge in [0.15, 0.2) is 0 Å². The highest BCUT2D eigenvalue weighted by atomic mass is 19.1. The smallest absolute Gasteiger partial charge is 0.253 e. The van der Waals surface area contributed by atoms with Gasteiger partial charge in [-0.05, 0) is 36.2 Å². The van der Waals surface area contributed by atoms with Crippen molar-refractivity contribution in [2.75, 3.05) is 18.0 Å². The molecule has 2 aromatic carbocycles. The van der Waals surface area contributed by atoms with Crippen molar-refractivity contribution in [1.29, 1.82) is 0 Å². The lowest BCUT2D eigenvalue weighted by Crippen LogP contribution is -2.44. The summed E-state index contributed by atoms with van der Waals surface area (Å²) >= 11 is 0. The zero-order valence-corrected chi connectivity index (χ0v) is 14.1. The first-order valence-electron chi connectivity index (χ1n) is 8.88. The van der Waals surface area contributed by atoms with Gasteiger partial charge in [-0.3, -0.25) is 9.59 Å². The lowest BCUT2D eigenvalue weighted by molar-refractivity contribution is -0.126. The van der Waals surface area contributed by atoms with E-state index in [2.05, 4.69) is 5.01 Å². The molecule has 3 atom stereocenters. The molecule has 0 radical (unpaired) electrons. The summed E-state index contributed by atoms with van der Waals surface area (Å²) in [5.41, 5.74) is 1.49. The molecule has 0 bridgehead atoms.